The molecular weight excluding hydrogens is 272 g/mol. The number of rotatable bonds is 3. The number of hydrogen-bond acceptors (Lipinski definition) is 4. The normalized spacial score (nSPS) is 16.9. The number of ether oxygens (including phenoxy) is 1. The highest BCUT2D eigenvalue weighted by atomic mass is 16.5. The van der Waals surface area contributed by atoms with Gasteiger partial charge in [0.15, 0.2) is 5.78 Å². The molecule has 0 aromatic heterocycles. The van der Waals surface area contributed by atoms with Gasteiger partial charge >= 0.3 is 0 Å². The zero-order chi connectivity index (χ0) is 15.6. The fourth-order valence-corrected chi connectivity index (χ4v) is 2.67. The number of benzene rings is 1. The third kappa shape index (κ3) is 3.21. The Morgan fingerprint density at radius 3 is 2.48 bits per heavy atom. The predicted molar refractivity (Wildman–Crippen MR) is 77.6 cm³/mol. The van der Waals surface area contributed by atoms with Gasteiger partial charge in [0.1, 0.15) is 5.75 Å². The van der Waals surface area contributed by atoms with Gasteiger partial charge in [-0.2, -0.15) is 0 Å². The van der Waals surface area contributed by atoms with Crippen molar-refractivity contribution < 1.29 is 19.1 Å². The highest BCUT2D eigenvalue weighted by molar-refractivity contribution is 6.07. The summed E-state index contributed by atoms with van der Waals surface area (Å²) in [4.78, 5) is 34.8. The lowest BCUT2D eigenvalue weighted by molar-refractivity contribution is -0.119. The Labute approximate surface area is 122 Å². The van der Waals surface area contributed by atoms with Gasteiger partial charge in [0.05, 0.1) is 12.8 Å². The van der Waals surface area contributed by atoms with E-state index in [1.54, 1.807) is 12.1 Å². The molecule has 21 heavy (non-hydrogen) atoms. The summed E-state index contributed by atoms with van der Waals surface area (Å²) in [6, 6.07) is 3.13. The van der Waals surface area contributed by atoms with Gasteiger partial charge in [-0.15, -0.1) is 0 Å². The number of fused-ring (bicyclic) bond motifs is 1. The van der Waals surface area contributed by atoms with Crippen molar-refractivity contribution in [2.45, 2.75) is 32.7 Å². The van der Waals surface area contributed by atoms with E-state index in [1.165, 1.54) is 21.0 Å². The van der Waals surface area contributed by atoms with Crippen LogP contribution >= 0.6 is 0 Å². The molecule has 0 radical (unpaired) electrons. The van der Waals surface area contributed by atoms with Gasteiger partial charge in [0.25, 0.3) is 0 Å². The molecule has 1 aromatic rings. The van der Waals surface area contributed by atoms with Crippen molar-refractivity contribution in [3.05, 3.63) is 23.3 Å². The van der Waals surface area contributed by atoms with Crippen LogP contribution in [0.25, 0.3) is 0 Å². The van der Waals surface area contributed by atoms with Gasteiger partial charge in [-0.3, -0.25) is 14.4 Å². The average Bonchev–Trinajstić information content (AvgIpc) is 2.37. The molecule has 0 saturated heterocycles. The lowest BCUT2D eigenvalue weighted by atomic mass is 9.85. The molecule has 1 atom stereocenters. The summed E-state index contributed by atoms with van der Waals surface area (Å²) in [6.07, 6.45) is 0.712. The minimum absolute atomic E-state index is 0.113. The van der Waals surface area contributed by atoms with E-state index in [4.69, 9.17) is 4.74 Å². The maximum absolute atomic E-state index is 12.4. The summed E-state index contributed by atoms with van der Waals surface area (Å²) < 4.78 is 5.30. The smallest absolute Gasteiger partial charge is 0.221 e. The van der Waals surface area contributed by atoms with Crippen molar-refractivity contribution in [3.63, 3.8) is 0 Å². The monoisotopic (exact) mass is 290 g/mol. The van der Waals surface area contributed by atoms with Crippen LogP contribution in [0.3, 0.4) is 0 Å². The summed E-state index contributed by atoms with van der Waals surface area (Å²) in [5.41, 5.74) is 1.69. The summed E-state index contributed by atoms with van der Waals surface area (Å²) in [6.45, 7) is 2.81. The Hall–Kier alpha value is -2.37. The first-order valence-corrected chi connectivity index (χ1v) is 6.70. The molecule has 2 rings (SSSR count). The number of amides is 2. The minimum atomic E-state index is -0.246. The molecule has 0 saturated carbocycles. The lowest BCUT2D eigenvalue weighted by Crippen LogP contribution is -2.40. The van der Waals surface area contributed by atoms with Crippen LogP contribution in [0.2, 0.25) is 0 Å². The fraction of sp³-hybridized carbons (Fsp3) is 0.400. The summed E-state index contributed by atoms with van der Waals surface area (Å²) >= 11 is 0. The molecule has 0 aliphatic heterocycles. The second-order valence-electron chi connectivity index (χ2n) is 5.08. The van der Waals surface area contributed by atoms with E-state index in [-0.39, 0.29) is 30.1 Å². The van der Waals surface area contributed by atoms with Gasteiger partial charge in [0.2, 0.25) is 11.8 Å². The van der Waals surface area contributed by atoms with Crippen LogP contribution in [0, 0.1) is 0 Å². The average molecular weight is 290 g/mol. The maximum atomic E-state index is 12.4. The molecule has 0 bridgehead atoms. The van der Waals surface area contributed by atoms with E-state index in [1.807, 2.05) is 0 Å². The number of carbonyl (C=O) groups excluding carboxylic acids is 3. The van der Waals surface area contributed by atoms with Crippen molar-refractivity contribution in [2.24, 2.45) is 0 Å². The van der Waals surface area contributed by atoms with E-state index < -0.39 is 0 Å². The van der Waals surface area contributed by atoms with E-state index in [0.29, 0.717) is 23.4 Å². The SMILES string of the molecule is COc1ccc(NC(C)=O)c2c1CC(NC(C)=O)CC2=O. The van der Waals surface area contributed by atoms with Crippen molar-refractivity contribution >= 4 is 23.3 Å². The number of anilines is 1. The van der Waals surface area contributed by atoms with E-state index in [9.17, 15) is 14.4 Å². The Morgan fingerprint density at radius 2 is 1.90 bits per heavy atom. The van der Waals surface area contributed by atoms with Crippen LogP contribution in [0.1, 0.15) is 36.2 Å². The number of ketones is 1. The van der Waals surface area contributed by atoms with Gasteiger partial charge in [-0.25, -0.2) is 0 Å². The minimum Gasteiger partial charge on any atom is -0.496 e. The molecule has 6 heteroatoms. The number of methoxy groups -OCH3 is 1. The van der Waals surface area contributed by atoms with Crippen LogP contribution < -0.4 is 15.4 Å². The van der Waals surface area contributed by atoms with Gasteiger partial charge in [-0.05, 0) is 18.6 Å². The molecule has 2 amide bonds. The quantitative estimate of drug-likeness (QED) is 0.878. The van der Waals surface area contributed by atoms with Crippen LogP contribution in [0.15, 0.2) is 12.1 Å². The molecule has 0 spiro atoms. The van der Waals surface area contributed by atoms with Crippen LogP contribution in [0.5, 0.6) is 5.75 Å². The molecule has 1 unspecified atom stereocenters. The Balaban J connectivity index is 2.45. The van der Waals surface area contributed by atoms with Crippen molar-refractivity contribution in [1.82, 2.24) is 5.32 Å². The standard InChI is InChI=1S/C15H18N2O4/c1-8(18)16-10-6-11-14(21-3)5-4-12(17-9(2)19)15(11)13(20)7-10/h4-5,10H,6-7H2,1-3H3,(H,16,18)(H,17,19). The molecule has 0 heterocycles. The molecule has 6 nitrogen and oxygen atoms in total. The first-order valence-electron chi connectivity index (χ1n) is 6.70. The topological polar surface area (TPSA) is 84.5 Å². The second kappa shape index (κ2) is 5.95. The number of hydrogen-bond donors (Lipinski definition) is 2. The van der Waals surface area contributed by atoms with Crippen molar-refractivity contribution in [2.75, 3.05) is 12.4 Å². The van der Waals surface area contributed by atoms with Crippen LogP contribution in [-0.4, -0.2) is 30.7 Å². The van der Waals surface area contributed by atoms with Crippen molar-refractivity contribution in [1.29, 1.82) is 0 Å². The molecule has 0 fully saturated rings. The van der Waals surface area contributed by atoms with Crippen LogP contribution in [0.4, 0.5) is 5.69 Å². The Morgan fingerprint density at radius 1 is 1.19 bits per heavy atom. The van der Waals surface area contributed by atoms with Gasteiger partial charge in [0, 0.05) is 37.4 Å². The Bertz CT molecular complexity index is 610. The maximum Gasteiger partial charge on any atom is 0.221 e. The highest BCUT2D eigenvalue weighted by Crippen LogP contribution is 2.35. The Kier molecular flexibility index (Phi) is 4.26. The largest absolute Gasteiger partial charge is 0.496 e. The van der Waals surface area contributed by atoms with E-state index in [2.05, 4.69) is 10.6 Å². The first-order chi connectivity index (χ1) is 9.92. The van der Waals surface area contributed by atoms with E-state index in [0.717, 1.165) is 5.56 Å². The van der Waals surface area contributed by atoms with Crippen LogP contribution in [-0.2, 0) is 16.0 Å². The molecule has 2 N–H and O–H groups in total. The zero-order valence-corrected chi connectivity index (χ0v) is 12.3. The third-order valence-electron chi connectivity index (χ3n) is 3.37. The fourth-order valence-electron chi connectivity index (χ4n) is 2.67. The first kappa shape index (κ1) is 15.0. The third-order valence-corrected chi connectivity index (χ3v) is 3.37. The summed E-state index contributed by atoms with van der Waals surface area (Å²) in [5.74, 6) is 0.0625. The number of carbonyl (C=O) groups is 3. The number of nitrogens with one attached hydrogen (secondary N) is 2. The van der Waals surface area contributed by atoms with Crippen molar-refractivity contribution in [3.8, 4) is 5.75 Å². The second-order valence-corrected chi connectivity index (χ2v) is 5.08. The van der Waals surface area contributed by atoms with Gasteiger partial charge in [-0.1, -0.05) is 0 Å². The summed E-state index contributed by atoms with van der Waals surface area (Å²) in [5, 5.41) is 5.43. The molecule has 1 aliphatic rings. The predicted octanol–water partition coefficient (Wildman–Crippen LogP) is 1.29. The van der Waals surface area contributed by atoms with E-state index >= 15 is 0 Å². The molecular formula is C15H18N2O4. The lowest BCUT2D eigenvalue weighted by Gasteiger charge is -2.27. The zero-order valence-electron chi connectivity index (χ0n) is 12.3. The molecule has 1 aromatic carbocycles. The highest BCUT2D eigenvalue weighted by Gasteiger charge is 2.30. The molecule has 1 aliphatic carbocycles. The molecule has 112 valence electrons. The van der Waals surface area contributed by atoms with Gasteiger partial charge < -0.3 is 15.4 Å². The number of Topliss-reactive ketones (excluding diaryl/α,β-unsaturated/α-hetero) is 1. The summed E-state index contributed by atoms with van der Waals surface area (Å²) in [7, 11) is 1.53.